The second-order valence-corrected chi connectivity index (χ2v) is 16.6. The maximum absolute atomic E-state index is 12.8. The summed E-state index contributed by atoms with van der Waals surface area (Å²) in [6.45, 7) is 3.18. The van der Waals surface area contributed by atoms with Gasteiger partial charge in [-0.25, -0.2) is 4.57 Å². The van der Waals surface area contributed by atoms with Gasteiger partial charge in [0.1, 0.15) is 43.2 Å². The number of hydrogen-bond donors (Lipinski definition) is 6. The van der Waals surface area contributed by atoms with Crippen LogP contribution in [0.4, 0.5) is 0 Å². The van der Waals surface area contributed by atoms with Crippen molar-refractivity contribution in [3.8, 4) is 0 Å². The molecule has 14 heteroatoms. The topological polar surface area (TPSA) is 210 Å². The molecule has 0 radical (unpaired) electrons. The van der Waals surface area contributed by atoms with Crippen LogP contribution < -0.4 is 0 Å². The highest BCUT2D eigenvalue weighted by Crippen LogP contribution is 2.47. The fraction of sp³-hybridized carbons (Fsp3) is 0.733. The summed E-state index contributed by atoms with van der Waals surface area (Å²) in [4.78, 5) is 35.6. The fourth-order valence-electron chi connectivity index (χ4n) is 6.21. The maximum Gasteiger partial charge on any atom is 0.472 e. The Bertz CT molecular complexity index is 1270. The number of esters is 2. The molecule has 0 aliphatic heterocycles. The molecule has 13 nitrogen and oxygen atoms in total. The van der Waals surface area contributed by atoms with Crippen LogP contribution in [0.1, 0.15) is 155 Å². The smallest absolute Gasteiger partial charge is 0.462 e. The van der Waals surface area contributed by atoms with Crippen LogP contribution in [0.2, 0.25) is 0 Å². The molecule has 1 rings (SSSR count). The number of rotatable bonds is 35. The van der Waals surface area contributed by atoms with Gasteiger partial charge in [-0.1, -0.05) is 126 Å². The average Bonchev–Trinajstić information content (AvgIpc) is 3.21. The summed E-state index contributed by atoms with van der Waals surface area (Å²) in [5.41, 5.74) is 0. The van der Waals surface area contributed by atoms with Crippen LogP contribution in [0.15, 0.2) is 60.8 Å². The van der Waals surface area contributed by atoms with Crippen molar-refractivity contribution < 1.29 is 63.1 Å². The van der Waals surface area contributed by atoms with E-state index < -0.39 is 75.7 Å². The highest BCUT2D eigenvalue weighted by Gasteiger charge is 2.51. The van der Waals surface area contributed by atoms with Crippen LogP contribution in [-0.4, -0.2) is 98.3 Å². The summed E-state index contributed by atoms with van der Waals surface area (Å²) in [6, 6.07) is 0. The molecule has 0 spiro atoms. The molecule has 0 aromatic carbocycles. The normalized spacial score (nSPS) is 22.9. The van der Waals surface area contributed by atoms with E-state index in [-0.39, 0.29) is 12.8 Å². The predicted molar refractivity (Wildman–Crippen MR) is 230 cm³/mol. The third-order valence-corrected chi connectivity index (χ3v) is 10.8. The van der Waals surface area contributed by atoms with E-state index in [0.717, 1.165) is 64.2 Å². The highest BCUT2D eigenvalue weighted by molar-refractivity contribution is 7.47. The lowest BCUT2D eigenvalue weighted by molar-refractivity contribution is -0.220. The van der Waals surface area contributed by atoms with Gasteiger partial charge in [-0.05, 0) is 77.0 Å². The van der Waals surface area contributed by atoms with Crippen LogP contribution in [0, 0.1) is 0 Å². The van der Waals surface area contributed by atoms with Crippen LogP contribution in [0.5, 0.6) is 0 Å². The molecule has 340 valence electrons. The van der Waals surface area contributed by atoms with Crippen molar-refractivity contribution in [2.24, 2.45) is 0 Å². The average molecular weight is 857 g/mol. The Balaban J connectivity index is 2.54. The Labute approximate surface area is 353 Å². The second-order valence-electron chi connectivity index (χ2n) is 15.2. The summed E-state index contributed by atoms with van der Waals surface area (Å²) < 4.78 is 33.4. The molecule has 0 aromatic heterocycles. The molecule has 0 aromatic rings. The van der Waals surface area contributed by atoms with Gasteiger partial charge in [0.25, 0.3) is 0 Å². The van der Waals surface area contributed by atoms with E-state index >= 15 is 0 Å². The summed E-state index contributed by atoms with van der Waals surface area (Å²) in [5, 5.41) is 50.1. The number of ether oxygens (including phenoxy) is 2. The van der Waals surface area contributed by atoms with Crippen molar-refractivity contribution in [1.29, 1.82) is 0 Å². The Kier molecular flexibility index (Phi) is 32.5. The molecule has 59 heavy (non-hydrogen) atoms. The lowest BCUT2D eigenvalue weighted by Gasteiger charge is -2.41. The standard InChI is InChI=1S/C45H77O13P/c1-3-5-7-9-11-13-15-17-18-19-20-22-24-26-28-30-32-34-39(47)57-37(36-56-59(53,54)58-45-43(51)41(49)40(48)42(50)44(45)52)35-55-38(46)33-31-29-27-25-23-21-16-14-12-10-8-6-4-2/h11,13-14,16-18,20,22,26,28,37,40-45,48-52H,3-10,12,15,19,21,23-25,27,29-36H2,1-2H3,(H,53,54)/b13-11-,16-14-,18-17-,22-20-,28-26-/t37-,40?,41-,42?,43?,44?,45?/m1/s1. The second kappa shape index (κ2) is 35.2. The summed E-state index contributed by atoms with van der Waals surface area (Å²) >= 11 is 0. The summed E-state index contributed by atoms with van der Waals surface area (Å²) in [5.74, 6) is -1.18. The van der Waals surface area contributed by atoms with Gasteiger partial charge >= 0.3 is 19.8 Å². The first-order valence-electron chi connectivity index (χ1n) is 22.1. The molecule has 0 saturated heterocycles. The fourth-order valence-corrected chi connectivity index (χ4v) is 7.19. The number of carbonyl (C=O) groups excluding carboxylic acids is 2. The number of phosphoric ester groups is 1. The molecule has 1 fully saturated rings. The van der Waals surface area contributed by atoms with Gasteiger partial charge < -0.3 is 39.9 Å². The van der Waals surface area contributed by atoms with Crippen molar-refractivity contribution in [2.75, 3.05) is 13.2 Å². The van der Waals surface area contributed by atoms with Gasteiger partial charge in [-0.15, -0.1) is 0 Å². The number of allylic oxidation sites excluding steroid dienone is 10. The van der Waals surface area contributed by atoms with Gasteiger partial charge in [0.05, 0.1) is 6.61 Å². The van der Waals surface area contributed by atoms with Crippen LogP contribution in [-0.2, 0) is 32.7 Å². The zero-order valence-corrected chi connectivity index (χ0v) is 36.7. The first kappa shape index (κ1) is 54.6. The summed E-state index contributed by atoms with van der Waals surface area (Å²) in [6.07, 6.45) is 28.6. The van der Waals surface area contributed by atoms with E-state index in [1.807, 2.05) is 12.2 Å². The van der Waals surface area contributed by atoms with Gasteiger partial charge in [0.2, 0.25) is 0 Å². The molecule has 6 N–H and O–H groups in total. The zero-order valence-electron chi connectivity index (χ0n) is 35.8. The summed E-state index contributed by atoms with van der Waals surface area (Å²) in [7, 11) is -5.13. The molecule has 0 amide bonds. The highest BCUT2D eigenvalue weighted by atomic mass is 31.2. The van der Waals surface area contributed by atoms with Crippen LogP contribution in [0.25, 0.3) is 0 Å². The zero-order chi connectivity index (χ0) is 43.6. The third kappa shape index (κ3) is 27.9. The van der Waals surface area contributed by atoms with E-state index in [4.69, 9.17) is 18.5 Å². The number of aliphatic hydroxyl groups excluding tert-OH is 5. The quantitative estimate of drug-likeness (QED) is 0.0154. The number of unbranched alkanes of at least 4 members (excludes halogenated alkanes) is 13. The van der Waals surface area contributed by atoms with E-state index in [2.05, 4.69) is 62.5 Å². The minimum absolute atomic E-state index is 0.0169. The van der Waals surface area contributed by atoms with Crippen molar-refractivity contribution >= 4 is 19.8 Å². The largest absolute Gasteiger partial charge is 0.472 e. The lowest BCUT2D eigenvalue weighted by atomic mass is 9.85. The molecular weight excluding hydrogens is 779 g/mol. The number of carbonyl (C=O) groups is 2. The van der Waals surface area contributed by atoms with Gasteiger partial charge in [0, 0.05) is 12.8 Å². The minimum atomic E-state index is -5.13. The molecule has 8 atom stereocenters. The minimum Gasteiger partial charge on any atom is -0.462 e. The van der Waals surface area contributed by atoms with E-state index in [1.54, 1.807) is 0 Å². The first-order chi connectivity index (χ1) is 28.4. The molecule has 1 saturated carbocycles. The van der Waals surface area contributed by atoms with Crippen LogP contribution >= 0.6 is 7.82 Å². The van der Waals surface area contributed by atoms with Crippen molar-refractivity contribution in [3.63, 3.8) is 0 Å². The van der Waals surface area contributed by atoms with Crippen molar-refractivity contribution in [2.45, 2.75) is 198 Å². The van der Waals surface area contributed by atoms with E-state index in [9.17, 15) is 44.6 Å². The predicted octanol–water partition coefficient (Wildman–Crippen LogP) is 8.16. The van der Waals surface area contributed by atoms with Gasteiger partial charge in [0.15, 0.2) is 6.10 Å². The third-order valence-electron chi connectivity index (χ3n) is 9.83. The Morgan fingerprint density at radius 3 is 1.49 bits per heavy atom. The Morgan fingerprint density at radius 1 is 0.525 bits per heavy atom. The Hall–Kier alpha value is -2.45. The van der Waals surface area contributed by atoms with E-state index in [0.29, 0.717) is 19.3 Å². The molecule has 1 aliphatic rings. The maximum atomic E-state index is 12.8. The van der Waals surface area contributed by atoms with Crippen LogP contribution in [0.3, 0.4) is 0 Å². The van der Waals surface area contributed by atoms with Gasteiger partial charge in [-0.3, -0.25) is 18.6 Å². The SMILES string of the molecule is CCCCC/C=C\C/C=C\C/C=C\C/C=C\CCCC(=O)O[C@H](COC(=O)CCCCCCC/C=C\CCCCCC)COP(=O)(O)OC1C(O)C(O)C(O)[C@@H](O)C1O. The lowest BCUT2D eigenvalue weighted by Crippen LogP contribution is -2.64. The first-order valence-corrected chi connectivity index (χ1v) is 23.6. The van der Waals surface area contributed by atoms with Crippen molar-refractivity contribution in [1.82, 2.24) is 0 Å². The molecule has 0 heterocycles. The molecular formula is C45H77O13P. The van der Waals surface area contributed by atoms with Crippen molar-refractivity contribution in [3.05, 3.63) is 60.8 Å². The van der Waals surface area contributed by atoms with Gasteiger partial charge in [-0.2, -0.15) is 0 Å². The number of phosphoric acid groups is 1. The molecule has 6 unspecified atom stereocenters. The monoisotopic (exact) mass is 857 g/mol. The number of aliphatic hydroxyl groups is 5. The Morgan fingerprint density at radius 2 is 0.932 bits per heavy atom. The molecule has 1 aliphatic carbocycles. The van der Waals surface area contributed by atoms with E-state index in [1.165, 1.54) is 44.9 Å². The molecule has 0 bridgehead atoms. The number of hydrogen-bond acceptors (Lipinski definition) is 12.